The number of nitrogens with zero attached hydrogens (tertiary/aromatic N) is 3. The molecule has 0 radical (unpaired) electrons. The number of aromatic nitrogens is 3. The van der Waals surface area contributed by atoms with E-state index in [1.165, 1.54) is 11.6 Å². The maximum Gasteiger partial charge on any atom is 0.200 e. The summed E-state index contributed by atoms with van der Waals surface area (Å²) in [5.74, 6) is 6.14. The largest absolute Gasteiger partial charge is 0.507 e. The van der Waals surface area contributed by atoms with Crippen molar-refractivity contribution in [3.05, 3.63) is 52.3 Å². The van der Waals surface area contributed by atoms with E-state index in [1.54, 1.807) is 17.6 Å². The van der Waals surface area contributed by atoms with Crippen LogP contribution in [0.4, 0.5) is 0 Å². The number of phenolic OH excluding ortho intramolecular Hbond substituents is 2. The van der Waals surface area contributed by atoms with Gasteiger partial charge in [-0.15, -0.1) is 5.92 Å². The third-order valence-corrected chi connectivity index (χ3v) is 5.54. The lowest BCUT2D eigenvalue weighted by molar-refractivity contribution is 0.0342. The lowest BCUT2D eigenvalue weighted by Gasteiger charge is -2.26. The Balaban J connectivity index is 1.67. The van der Waals surface area contributed by atoms with Crippen LogP contribution in [0.3, 0.4) is 0 Å². The molecule has 0 amide bonds. The van der Waals surface area contributed by atoms with Gasteiger partial charge in [0, 0.05) is 43.4 Å². The Kier molecular flexibility index (Phi) is 6.37. The summed E-state index contributed by atoms with van der Waals surface area (Å²) in [6.07, 6.45) is 0.372. The number of morpholine rings is 1. The van der Waals surface area contributed by atoms with Crippen LogP contribution in [0.1, 0.15) is 18.1 Å². The molecule has 1 aromatic heterocycles. The van der Waals surface area contributed by atoms with Crippen molar-refractivity contribution in [2.24, 2.45) is 0 Å². The molecule has 3 N–H and O–H groups in total. The molecule has 2 aromatic carbocycles. The van der Waals surface area contributed by atoms with E-state index < -0.39 is 0 Å². The highest BCUT2D eigenvalue weighted by Gasteiger charge is 2.17. The predicted octanol–water partition coefficient (Wildman–Crippen LogP) is 3.41. The number of hydrogen-bond acceptors (Lipinski definition) is 6. The molecule has 0 unspecified atom stereocenters. The third kappa shape index (κ3) is 4.64. The number of rotatable bonds is 5. The van der Waals surface area contributed by atoms with Crippen molar-refractivity contribution >= 4 is 12.2 Å². The first kappa shape index (κ1) is 21.1. The van der Waals surface area contributed by atoms with Crippen LogP contribution in [0.5, 0.6) is 11.5 Å². The van der Waals surface area contributed by atoms with Gasteiger partial charge >= 0.3 is 0 Å². The summed E-state index contributed by atoms with van der Waals surface area (Å²) >= 11 is 5.46. The Morgan fingerprint density at radius 1 is 1.13 bits per heavy atom. The maximum absolute atomic E-state index is 10.5. The highest BCUT2D eigenvalue weighted by molar-refractivity contribution is 7.71. The number of ether oxygens (including phenoxy) is 1. The highest BCUT2D eigenvalue weighted by atomic mass is 32.1. The minimum absolute atomic E-state index is 0.00264. The van der Waals surface area contributed by atoms with Gasteiger partial charge in [-0.1, -0.05) is 18.1 Å². The Bertz CT molecular complexity index is 1180. The van der Waals surface area contributed by atoms with Gasteiger partial charge in [-0.05, 0) is 42.9 Å². The lowest BCUT2D eigenvalue weighted by atomic mass is 10.0. The van der Waals surface area contributed by atoms with Gasteiger partial charge in [0.2, 0.25) is 0 Å². The molecule has 1 saturated heterocycles. The van der Waals surface area contributed by atoms with Gasteiger partial charge < -0.3 is 14.9 Å². The van der Waals surface area contributed by atoms with E-state index in [4.69, 9.17) is 17.0 Å². The van der Waals surface area contributed by atoms with E-state index in [0.717, 1.165) is 38.5 Å². The van der Waals surface area contributed by atoms with Crippen molar-refractivity contribution in [1.29, 1.82) is 0 Å². The van der Waals surface area contributed by atoms with Crippen molar-refractivity contribution in [2.45, 2.75) is 19.9 Å². The van der Waals surface area contributed by atoms with Gasteiger partial charge in [-0.3, -0.25) is 14.6 Å². The monoisotopic (exact) mass is 436 g/mol. The van der Waals surface area contributed by atoms with Crippen LogP contribution in [0.15, 0.2) is 36.4 Å². The molecule has 0 saturated carbocycles. The van der Waals surface area contributed by atoms with Crippen molar-refractivity contribution < 1.29 is 14.9 Å². The van der Waals surface area contributed by atoms with Gasteiger partial charge in [-0.2, -0.15) is 5.10 Å². The number of phenols is 2. The van der Waals surface area contributed by atoms with Crippen LogP contribution in [0.2, 0.25) is 0 Å². The molecule has 160 valence electrons. The molecule has 7 nitrogen and oxygen atoms in total. The Labute approximate surface area is 185 Å². The minimum Gasteiger partial charge on any atom is -0.507 e. The fourth-order valence-electron chi connectivity index (χ4n) is 3.61. The molecule has 1 aliphatic rings. The zero-order valence-electron chi connectivity index (χ0n) is 17.3. The first-order valence-electron chi connectivity index (χ1n) is 10.1. The smallest absolute Gasteiger partial charge is 0.200 e. The number of aromatic amines is 1. The van der Waals surface area contributed by atoms with Crippen LogP contribution in [-0.2, 0) is 17.7 Å². The molecule has 0 atom stereocenters. The van der Waals surface area contributed by atoms with E-state index in [9.17, 15) is 10.2 Å². The zero-order valence-corrected chi connectivity index (χ0v) is 18.1. The average Bonchev–Trinajstić information content (AvgIpc) is 3.15. The van der Waals surface area contributed by atoms with E-state index in [1.807, 2.05) is 12.1 Å². The normalized spacial score (nSPS) is 14.2. The number of H-pyrrole nitrogens is 1. The lowest BCUT2D eigenvalue weighted by Crippen LogP contribution is -2.35. The highest BCUT2D eigenvalue weighted by Crippen LogP contribution is 2.35. The van der Waals surface area contributed by atoms with Crippen molar-refractivity contribution in [2.75, 3.05) is 26.3 Å². The molecule has 3 aromatic rings. The summed E-state index contributed by atoms with van der Waals surface area (Å²) in [6.45, 7) is 6.02. The SMILES string of the molecule is CC#CCc1cc(-c2n[nH]c(=S)n2-c2ccc(CN3CCOCC3)cc2)c(O)cc1O. The Morgan fingerprint density at radius 3 is 2.58 bits per heavy atom. The summed E-state index contributed by atoms with van der Waals surface area (Å²) in [5.41, 5.74) is 3.12. The van der Waals surface area contributed by atoms with Crippen LogP contribution < -0.4 is 0 Å². The number of benzene rings is 2. The van der Waals surface area contributed by atoms with E-state index in [-0.39, 0.29) is 11.5 Å². The maximum atomic E-state index is 10.5. The van der Waals surface area contributed by atoms with E-state index in [2.05, 4.69) is 39.1 Å². The number of hydrogen-bond donors (Lipinski definition) is 3. The summed E-state index contributed by atoms with van der Waals surface area (Å²) in [4.78, 5) is 2.36. The molecule has 0 spiro atoms. The number of nitrogens with one attached hydrogen (secondary N) is 1. The first-order chi connectivity index (χ1) is 15.1. The van der Waals surface area contributed by atoms with E-state index >= 15 is 0 Å². The minimum atomic E-state index is -0.0788. The van der Waals surface area contributed by atoms with Gasteiger partial charge in [0.1, 0.15) is 11.5 Å². The zero-order chi connectivity index (χ0) is 21.8. The molecule has 2 heterocycles. The molecule has 8 heteroatoms. The predicted molar refractivity (Wildman–Crippen MR) is 121 cm³/mol. The molecule has 31 heavy (non-hydrogen) atoms. The summed E-state index contributed by atoms with van der Waals surface area (Å²) in [6, 6.07) is 11.1. The van der Waals surface area contributed by atoms with Crippen LogP contribution in [0, 0.1) is 16.6 Å². The molecule has 1 aliphatic heterocycles. The molecule has 0 bridgehead atoms. The van der Waals surface area contributed by atoms with Gasteiger partial charge in [-0.25, -0.2) is 0 Å². The van der Waals surface area contributed by atoms with Crippen molar-refractivity contribution in [1.82, 2.24) is 19.7 Å². The molecule has 4 rings (SSSR count). The molecular formula is C23H24N4O3S. The molecule has 1 fully saturated rings. The fourth-order valence-corrected chi connectivity index (χ4v) is 3.85. The standard InChI is InChI=1S/C23H24N4O3S/c1-2-3-4-17-13-19(21(29)14-20(17)28)22-24-25-23(31)27(22)18-7-5-16(6-8-18)15-26-9-11-30-12-10-26/h5-8,13-14,28-29H,4,9-12,15H2,1H3,(H,25,31). The quantitative estimate of drug-likeness (QED) is 0.420. The van der Waals surface area contributed by atoms with Crippen molar-refractivity contribution in [3.8, 4) is 40.4 Å². The average molecular weight is 437 g/mol. The van der Waals surface area contributed by atoms with Gasteiger partial charge in [0.25, 0.3) is 0 Å². The Morgan fingerprint density at radius 2 is 1.87 bits per heavy atom. The number of aromatic hydroxyl groups is 2. The summed E-state index contributed by atoms with van der Waals surface area (Å²) < 4.78 is 7.60. The summed E-state index contributed by atoms with van der Waals surface area (Å²) in [7, 11) is 0. The van der Waals surface area contributed by atoms with Crippen LogP contribution in [-0.4, -0.2) is 56.2 Å². The molecule has 0 aliphatic carbocycles. The van der Waals surface area contributed by atoms with E-state index in [0.29, 0.717) is 28.1 Å². The van der Waals surface area contributed by atoms with Crippen LogP contribution >= 0.6 is 12.2 Å². The fraction of sp³-hybridized carbons (Fsp3) is 0.304. The summed E-state index contributed by atoms with van der Waals surface area (Å²) in [5, 5.41) is 27.8. The van der Waals surface area contributed by atoms with Crippen LogP contribution in [0.25, 0.3) is 17.1 Å². The van der Waals surface area contributed by atoms with Crippen molar-refractivity contribution in [3.63, 3.8) is 0 Å². The topological polar surface area (TPSA) is 86.5 Å². The second-order valence-electron chi connectivity index (χ2n) is 7.34. The van der Waals surface area contributed by atoms with Gasteiger partial charge in [0.15, 0.2) is 10.6 Å². The third-order valence-electron chi connectivity index (χ3n) is 5.27. The second kappa shape index (κ2) is 9.35. The second-order valence-corrected chi connectivity index (χ2v) is 7.73. The first-order valence-corrected chi connectivity index (χ1v) is 10.5. The Hall–Kier alpha value is -3.12. The molecular weight excluding hydrogens is 412 g/mol. The van der Waals surface area contributed by atoms with Gasteiger partial charge in [0.05, 0.1) is 18.8 Å².